The lowest BCUT2D eigenvalue weighted by Crippen LogP contribution is -2.44. The first-order valence-electron chi connectivity index (χ1n) is 12.3. The number of nitrogens with one attached hydrogen (secondary N) is 2. The van der Waals surface area contributed by atoms with Crippen molar-refractivity contribution in [3.63, 3.8) is 0 Å². The summed E-state index contributed by atoms with van der Waals surface area (Å²) in [7, 11) is -1.74. The highest BCUT2D eigenvalue weighted by molar-refractivity contribution is 7.91. The van der Waals surface area contributed by atoms with Gasteiger partial charge in [0, 0.05) is 36.3 Å². The molecular weight excluding hydrogens is 527 g/mol. The van der Waals surface area contributed by atoms with Crippen LogP contribution in [0.1, 0.15) is 59.3 Å². The van der Waals surface area contributed by atoms with E-state index >= 15 is 0 Å². The topological polar surface area (TPSA) is 78.5 Å². The van der Waals surface area contributed by atoms with Gasteiger partial charge in [0.1, 0.15) is 0 Å². The number of amides is 1. The lowest BCUT2D eigenvalue weighted by molar-refractivity contribution is -0.138. The molecule has 1 aliphatic rings. The Labute approximate surface area is 221 Å². The van der Waals surface area contributed by atoms with Gasteiger partial charge in [0.05, 0.1) is 16.2 Å². The number of piperidine rings is 1. The Morgan fingerprint density at radius 1 is 1.16 bits per heavy atom. The maximum atomic E-state index is 14.2. The van der Waals surface area contributed by atoms with Crippen molar-refractivity contribution in [2.24, 2.45) is 0 Å². The Balaban J connectivity index is 1.91. The van der Waals surface area contributed by atoms with Crippen molar-refractivity contribution in [2.45, 2.75) is 63.3 Å². The summed E-state index contributed by atoms with van der Waals surface area (Å²) < 4.78 is 67.4. The number of benzene rings is 2. The highest BCUT2D eigenvalue weighted by Crippen LogP contribution is 2.36. The summed E-state index contributed by atoms with van der Waals surface area (Å²) in [6.45, 7) is 4.59. The second-order valence-electron chi connectivity index (χ2n) is 9.21. The number of hydrogen-bond acceptors (Lipinski definition) is 5. The van der Waals surface area contributed by atoms with Gasteiger partial charge >= 0.3 is 6.18 Å². The maximum Gasteiger partial charge on any atom is 0.416 e. The standard InChI is InChI=1S/C26H33ClF3N3O3S/c1-4-17-11-18(25(34)32-14-19-12-20(27)8-9-24(19)37(35,36)5-2)13-23(26(28,29)30)22(17)16-33-10-6-7-21(15-33)31-3/h8-9,11-13,21,31H,4-7,10,14-16H2,1-3H3,(H,32,34)/t21-/m0/s1. The smallest absolute Gasteiger partial charge is 0.348 e. The van der Waals surface area contributed by atoms with Crippen LogP contribution in [0.5, 0.6) is 0 Å². The minimum Gasteiger partial charge on any atom is -0.348 e. The molecule has 1 heterocycles. The van der Waals surface area contributed by atoms with Crippen molar-refractivity contribution in [1.29, 1.82) is 0 Å². The lowest BCUT2D eigenvalue weighted by Gasteiger charge is -2.33. The Kier molecular flexibility index (Phi) is 9.66. The SMILES string of the molecule is CCc1cc(C(=O)NCc2cc(Cl)ccc2S(=O)(=O)CC)cc(C(F)(F)F)c1CN1CCC[C@H](NC)C1. The molecule has 0 radical (unpaired) electrons. The fourth-order valence-corrected chi connectivity index (χ4v) is 6.01. The average Bonchev–Trinajstić information content (AvgIpc) is 2.86. The van der Waals surface area contributed by atoms with E-state index in [1.54, 1.807) is 6.92 Å². The molecule has 0 saturated carbocycles. The van der Waals surface area contributed by atoms with Crippen LogP contribution in [0.4, 0.5) is 13.2 Å². The van der Waals surface area contributed by atoms with Crippen molar-refractivity contribution in [2.75, 3.05) is 25.9 Å². The molecule has 1 aliphatic heterocycles. The number of likely N-dealkylation sites (tertiary alicyclic amines) is 1. The summed E-state index contributed by atoms with van der Waals surface area (Å²) in [5, 5.41) is 6.06. The van der Waals surface area contributed by atoms with Gasteiger partial charge in [-0.05, 0) is 79.9 Å². The number of rotatable bonds is 9. The summed E-state index contributed by atoms with van der Waals surface area (Å²) in [6, 6.07) is 6.87. The van der Waals surface area contributed by atoms with E-state index in [4.69, 9.17) is 11.6 Å². The van der Waals surface area contributed by atoms with E-state index in [0.29, 0.717) is 25.1 Å². The van der Waals surface area contributed by atoms with Crippen LogP contribution in [0.15, 0.2) is 35.2 Å². The average molecular weight is 560 g/mol. The predicted octanol–water partition coefficient (Wildman–Crippen LogP) is 4.83. The van der Waals surface area contributed by atoms with Gasteiger partial charge in [-0.2, -0.15) is 13.2 Å². The number of likely N-dealkylation sites (N-methyl/N-ethyl adjacent to an activating group) is 1. The number of carbonyl (C=O) groups is 1. The quantitative estimate of drug-likeness (QED) is 0.460. The number of aryl methyl sites for hydroxylation is 1. The molecule has 1 amide bonds. The molecule has 2 aromatic carbocycles. The second kappa shape index (κ2) is 12.1. The molecule has 0 bridgehead atoms. The van der Waals surface area contributed by atoms with Gasteiger partial charge in [0.25, 0.3) is 5.91 Å². The Morgan fingerprint density at radius 2 is 1.89 bits per heavy atom. The summed E-state index contributed by atoms with van der Waals surface area (Å²) in [4.78, 5) is 15.0. The van der Waals surface area contributed by atoms with E-state index in [9.17, 15) is 26.4 Å². The van der Waals surface area contributed by atoms with Crippen LogP contribution in [0.25, 0.3) is 0 Å². The molecule has 0 unspecified atom stereocenters. The molecule has 0 aromatic heterocycles. The van der Waals surface area contributed by atoms with Crippen LogP contribution in [0.2, 0.25) is 5.02 Å². The van der Waals surface area contributed by atoms with E-state index in [1.807, 2.05) is 11.9 Å². The van der Waals surface area contributed by atoms with Crippen LogP contribution < -0.4 is 10.6 Å². The van der Waals surface area contributed by atoms with Gasteiger partial charge < -0.3 is 10.6 Å². The van der Waals surface area contributed by atoms with Crippen molar-refractivity contribution in [3.05, 3.63) is 63.2 Å². The molecule has 3 rings (SSSR count). The summed E-state index contributed by atoms with van der Waals surface area (Å²) in [5.74, 6) is -0.863. The zero-order valence-corrected chi connectivity index (χ0v) is 22.8. The van der Waals surface area contributed by atoms with Gasteiger partial charge in [-0.15, -0.1) is 0 Å². The Bertz CT molecular complexity index is 1240. The Morgan fingerprint density at radius 3 is 2.51 bits per heavy atom. The molecule has 0 aliphatic carbocycles. The zero-order valence-electron chi connectivity index (χ0n) is 21.2. The molecule has 37 heavy (non-hydrogen) atoms. The number of nitrogens with zero attached hydrogens (tertiary/aromatic N) is 1. The van der Waals surface area contributed by atoms with E-state index in [1.165, 1.54) is 31.2 Å². The van der Waals surface area contributed by atoms with E-state index < -0.39 is 27.5 Å². The van der Waals surface area contributed by atoms with Gasteiger partial charge in [-0.25, -0.2) is 8.42 Å². The van der Waals surface area contributed by atoms with Gasteiger partial charge in [0.15, 0.2) is 9.84 Å². The largest absolute Gasteiger partial charge is 0.416 e. The number of sulfone groups is 1. The van der Waals surface area contributed by atoms with Crippen LogP contribution in [-0.4, -0.2) is 51.2 Å². The molecular formula is C26H33ClF3N3O3S. The first kappa shape index (κ1) is 29.4. The third kappa shape index (κ3) is 7.25. The van der Waals surface area contributed by atoms with Crippen LogP contribution in [0, 0.1) is 0 Å². The number of halogens is 4. The Hall–Kier alpha value is -2.14. The fraction of sp³-hybridized carbons (Fsp3) is 0.500. The molecule has 1 saturated heterocycles. The highest BCUT2D eigenvalue weighted by atomic mass is 35.5. The summed E-state index contributed by atoms with van der Waals surface area (Å²) >= 11 is 6.03. The van der Waals surface area contributed by atoms with E-state index in [2.05, 4.69) is 10.6 Å². The molecule has 1 fully saturated rings. The molecule has 2 aromatic rings. The number of carbonyl (C=O) groups excluding carboxylic acids is 1. The first-order valence-corrected chi connectivity index (χ1v) is 14.3. The molecule has 1 atom stereocenters. The second-order valence-corrected chi connectivity index (χ2v) is 11.9. The van der Waals surface area contributed by atoms with Gasteiger partial charge in [-0.1, -0.05) is 25.4 Å². The van der Waals surface area contributed by atoms with Crippen LogP contribution in [0.3, 0.4) is 0 Å². The molecule has 0 spiro atoms. The first-order chi connectivity index (χ1) is 17.4. The monoisotopic (exact) mass is 559 g/mol. The van der Waals surface area contributed by atoms with Crippen molar-refractivity contribution >= 4 is 27.3 Å². The lowest BCUT2D eigenvalue weighted by atomic mass is 9.93. The molecule has 11 heteroatoms. The zero-order chi connectivity index (χ0) is 27.4. The molecule has 204 valence electrons. The summed E-state index contributed by atoms with van der Waals surface area (Å²) in [6.07, 6.45) is -2.43. The molecule has 6 nitrogen and oxygen atoms in total. The number of alkyl halides is 3. The normalized spacial score (nSPS) is 17.1. The summed E-state index contributed by atoms with van der Waals surface area (Å²) in [5.41, 5.74) is -0.0181. The van der Waals surface area contributed by atoms with Gasteiger partial charge in [0.2, 0.25) is 0 Å². The predicted molar refractivity (Wildman–Crippen MR) is 139 cm³/mol. The van der Waals surface area contributed by atoms with Crippen molar-refractivity contribution < 1.29 is 26.4 Å². The highest BCUT2D eigenvalue weighted by Gasteiger charge is 2.36. The maximum absolute atomic E-state index is 14.2. The minimum atomic E-state index is -4.64. The van der Waals surface area contributed by atoms with Crippen LogP contribution in [-0.2, 0) is 35.5 Å². The van der Waals surface area contributed by atoms with Crippen LogP contribution >= 0.6 is 11.6 Å². The van der Waals surface area contributed by atoms with Crippen molar-refractivity contribution in [1.82, 2.24) is 15.5 Å². The van der Waals surface area contributed by atoms with Gasteiger partial charge in [-0.3, -0.25) is 9.69 Å². The third-order valence-electron chi connectivity index (χ3n) is 6.76. The van der Waals surface area contributed by atoms with E-state index in [0.717, 1.165) is 18.9 Å². The van der Waals surface area contributed by atoms with E-state index in [-0.39, 0.29) is 51.5 Å². The molecule has 2 N–H and O–H groups in total. The fourth-order valence-electron chi connectivity index (χ4n) is 4.70. The number of hydrogen-bond donors (Lipinski definition) is 2. The third-order valence-corrected chi connectivity index (χ3v) is 8.83. The minimum absolute atomic E-state index is 0.0293. The van der Waals surface area contributed by atoms with Crippen molar-refractivity contribution in [3.8, 4) is 0 Å².